The predicted molar refractivity (Wildman–Crippen MR) is 83.0 cm³/mol. The zero-order valence-electron chi connectivity index (χ0n) is 12.9. The molecule has 1 aliphatic carbocycles. The van der Waals surface area contributed by atoms with Gasteiger partial charge in [-0.15, -0.1) is 0 Å². The molecule has 3 aliphatic rings. The Labute approximate surface area is 135 Å². The molecule has 0 bridgehead atoms. The van der Waals surface area contributed by atoms with Gasteiger partial charge in [-0.05, 0) is 18.6 Å². The monoisotopic (exact) mass is 324 g/mol. The predicted octanol–water partition coefficient (Wildman–Crippen LogP) is -0.0952. The van der Waals surface area contributed by atoms with E-state index in [0.717, 1.165) is 0 Å². The zero-order chi connectivity index (χ0) is 16.2. The van der Waals surface area contributed by atoms with Crippen molar-refractivity contribution in [3.05, 3.63) is 36.6 Å². The van der Waals surface area contributed by atoms with Gasteiger partial charge < -0.3 is 35.5 Å². The minimum Gasteiger partial charge on any atom is -0.469 e. The molecule has 0 saturated heterocycles. The van der Waals surface area contributed by atoms with Crippen LogP contribution in [-0.4, -0.2) is 54.7 Å². The largest absolute Gasteiger partial charge is 0.469 e. The first-order valence-electron chi connectivity index (χ1n) is 7.90. The maximum Gasteiger partial charge on any atom is 0.219 e. The molecule has 2 heterocycles. The van der Waals surface area contributed by atoms with Crippen molar-refractivity contribution in [3.8, 4) is 0 Å². The van der Waals surface area contributed by atoms with Gasteiger partial charge in [0.15, 0.2) is 6.29 Å². The molecule has 128 valence electrons. The maximum absolute atomic E-state index is 10.6. The highest BCUT2D eigenvalue weighted by atomic mass is 16.7. The number of rotatable bonds is 4. The summed E-state index contributed by atoms with van der Waals surface area (Å²) < 4.78 is 22.5. The number of ether oxygens (including phenoxy) is 4. The molecule has 1 saturated carbocycles. The smallest absolute Gasteiger partial charge is 0.219 e. The molecule has 0 aromatic rings. The number of aliphatic hydroxyl groups excluding tert-OH is 1. The molecule has 5 N–H and O–H groups in total. The molecule has 23 heavy (non-hydrogen) atoms. The summed E-state index contributed by atoms with van der Waals surface area (Å²) in [7, 11) is 0. The van der Waals surface area contributed by atoms with E-state index in [1.54, 1.807) is 12.2 Å². The van der Waals surface area contributed by atoms with Crippen molar-refractivity contribution in [2.24, 2.45) is 11.5 Å². The molecule has 7 nitrogen and oxygen atoms in total. The van der Waals surface area contributed by atoms with E-state index in [4.69, 9.17) is 30.4 Å². The molecule has 3 rings (SSSR count). The fraction of sp³-hybridized carbons (Fsp3) is 0.625. The van der Waals surface area contributed by atoms with E-state index in [-0.39, 0.29) is 6.04 Å². The lowest BCUT2D eigenvalue weighted by atomic mass is 9.84. The highest BCUT2D eigenvalue weighted by molar-refractivity contribution is 5.06. The van der Waals surface area contributed by atoms with Crippen molar-refractivity contribution >= 4 is 0 Å². The summed E-state index contributed by atoms with van der Waals surface area (Å²) in [5.74, 6) is 0. The van der Waals surface area contributed by atoms with Crippen molar-refractivity contribution in [2.45, 2.75) is 55.8 Å². The Morgan fingerprint density at radius 2 is 1.83 bits per heavy atom. The Morgan fingerprint density at radius 3 is 2.48 bits per heavy atom. The second kappa shape index (κ2) is 7.57. The molecule has 0 aromatic heterocycles. The summed E-state index contributed by atoms with van der Waals surface area (Å²) in [5, 5.41) is 10.6. The lowest BCUT2D eigenvalue weighted by Gasteiger charge is -2.43. The molecular formula is C16H24N2O5. The number of hydrogen-bond donors (Lipinski definition) is 3. The Bertz CT molecular complexity index is 481. The summed E-state index contributed by atoms with van der Waals surface area (Å²) in [4.78, 5) is 0. The summed E-state index contributed by atoms with van der Waals surface area (Å²) in [6, 6.07) is -0.771. The third-order valence-electron chi connectivity index (χ3n) is 4.21. The van der Waals surface area contributed by atoms with E-state index in [1.807, 2.05) is 18.2 Å². The van der Waals surface area contributed by atoms with Gasteiger partial charge in [-0.1, -0.05) is 18.2 Å². The van der Waals surface area contributed by atoms with Crippen LogP contribution in [0.1, 0.15) is 12.8 Å². The molecule has 0 radical (unpaired) electrons. The van der Waals surface area contributed by atoms with E-state index in [9.17, 15) is 5.11 Å². The minimum atomic E-state index is -0.953. The average Bonchev–Trinajstić information content (AvgIpc) is 2.57. The summed E-state index contributed by atoms with van der Waals surface area (Å²) >= 11 is 0. The van der Waals surface area contributed by atoms with E-state index in [2.05, 4.69) is 0 Å². The number of nitrogens with two attached hydrogens (primary N) is 2. The summed E-state index contributed by atoms with van der Waals surface area (Å²) in [6.07, 6.45) is 8.74. The highest BCUT2D eigenvalue weighted by Gasteiger charge is 2.45. The molecule has 7 atom stereocenters. The molecule has 7 heteroatoms. The molecule has 2 aliphatic heterocycles. The van der Waals surface area contributed by atoms with Crippen LogP contribution in [0.15, 0.2) is 36.6 Å². The first kappa shape index (κ1) is 16.6. The van der Waals surface area contributed by atoms with Crippen LogP contribution in [0.5, 0.6) is 0 Å². The second-order valence-corrected chi connectivity index (χ2v) is 5.94. The third-order valence-corrected chi connectivity index (χ3v) is 4.21. The van der Waals surface area contributed by atoms with Crippen LogP contribution in [0, 0.1) is 0 Å². The fourth-order valence-electron chi connectivity index (χ4n) is 3.02. The van der Waals surface area contributed by atoms with Crippen LogP contribution in [0.2, 0.25) is 0 Å². The lowest BCUT2D eigenvalue weighted by molar-refractivity contribution is -0.237. The zero-order valence-corrected chi connectivity index (χ0v) is 12.9. The molecule has 2 unspecified atom stereocenters. The van der Waals surface area contributed by atoms with Crippen LogP contribution in [0.3, 0.4) is 0 Å². The van der Waals surface area contributed by atoms with Crippen LogP contribution in [-0.2, 0) is 18.9 Å². The second-order valence-electron chi connectivity index (χ2n) is 5.94. The lowest BCUT2D eigenvalue weighted by Crippen LogP contribution is -2.64. The molecule has 0 spiro atoms. The van der Waals surface area contributed by atoms with Gasteiger partial charge in [0, 0.05) is 18.5 Å². The normalized spacial score (nSPS) is 43.3. The van der Waals surface area contributed by atoms with Gasteiger partial charge in [-0.3, -0.25) is 0 Å². The minimum absolute atomic E-state index is 0.378. The standard InChI is InChI=1S/C16H24N2O5/c17-10-9-11(18)16(23-13-6-2-4-8-21-13)14(19)15(10)22-12-5-1-3-7-20-12/h1-5,7,10-16,19H,6,8-9,17-18H2/t10-,11+,12?,13?,14-,15+,16-/m1/s1. The summed E-state index contributed by atoms with van der Waals surface area (Å²) in [6.45, 7) is 0.495. The van der Waals surface area contributed by atoms with Gasteiger partial charge in [0.1, 0.15) is 18.3 Å². The van der Waals surface area contributed by atoms with Crippen molar-refractivity contribution < 1.29 is 24.1 Å². The number of allylic oxidation sites excluding steroid dienone is 2. The van der Waals surface area contributed by atoms with Gasteiger partial charge >= 0.3 is 0 Å². The van der Waals surface area contributed by atoms with Gasteiger partial charge in [0.05, 0.1) is 12.9 Å². The van der Waals surface area contributed by atoms with Crippen molar-refractivity contribution in [3.63, 3.8) is 0 Å². The first-order valence-corrected chi connectivity index (χ1v) is 7.90. The quantitative estimate of drug-likeness (QED) is 0.620. The molecular weight excluding hydrogens is 300 g/mol. The van der Waals surface area contributed by atoms with Crippen LogP contribution >= 0.6 is 0 Å². The highest BCUT2D eigenvalue weighted by Crippen LogP contribution is 2.27. The van der Waals surface area contributed by atoms with E-state index in [1.165, 1.54) is 6.26 Å². The topological polar surface area (TPSA) is 109 Å². The SMILES string of the molecule is N[C@@H]1C[C@H](N)[C@@H](OC2CC=CCO2)[C@H](O)[C@H]1OC1C=CC=CO1. The van der Waals surface area contributed by atoms with Crippen LogP contribution < -0.4 is 11.5 Å². The fourth-order valence-corrected chi connectivity index (χ4v) is 3.02. The van der Waals surface area contributed by atoms with Crippen LogP contribution in [0.4, 0.5) is 0 Å². The molecule has 1 fully saturated rings. The van der Waals surface area contributed by atoms with Gasteiger partial charge in [0.25, 0.3) is 0 Å². The van der Waals surface area contributed by atoms with Gasteiger partial charge in [-0.25, -0.2) is 0 Å². The van der Waals surface area contributed by atoms with Crippen molar-refractivity contribution in [1.82, 2.24) is 0 Å². The average molecular weight is 324 g/mol. The van der Waals surface area contributed by atoms with Crippen molar-refractivity contribution in [1.29, 1.82) is 0 Å². The Morgan fingerprint density at radius 1 is 1.04 bits per heavy atom. The van der Waals surface area contributed by atoms with Crippen LogP contribution in [0.25, 0.3) is 0 Å². The van der Waals surface area contributed by atoms with E-state index >= 15 is 0 Å². The summed E-state index contributed by atoms with van der Waals surface area (Å²) in [5.41, 5.74) is 12.2. The van der Waals surface area contributed by atoms with Crippen molar-refractivity contribution in [2.75, 3.05) is 6.61 Å². The van der Waals surface area contributed by atoms with E-state index < -0.39 is 36.9 Å². The third kappa shape index (κ3) is 4.00. The Kier molecular flexibility index (Phi) is 5.47. The molecule has 0 aromatic carbocycles. The number of hydrogen-bond acceptors (Lipinski definition) is 7. The molecule has 0 amide bonds. The van der Waals surface area contributed by atoms with Gasteiger partial charge in [-0.2, -0.15) is 0 Å². The maximum atomic E-state index is 10.6. The van der Waals surface area contributed by atoms with Gasteiger partial charge in [0.2, 0.25) is 6.29 Å². The van der Waals surface area contributed by atoms with E-state index in [0.29, 0.717) is 19.4 Å². The Balaban J connectivity index is 1.63. The Hall–Kier alpha value is -1.22. The number of aliphatic hydroxyl groups is 1. The first-order chi connectivity index (χ1) is 11.1.